The third-order valence-corrected chi connectivity index (χ3v) is 3.00. The lowest BCUT2D eigenvalue weighted by molar-refractivity contribution is -0.176. The van der Waals surface area contributed by atoms with E-state index in [-0.39, 0.29) is 13.0 Å². The first-order valence-electron chi connectivity index (χ1n) is 5.50. The van der Waals surface area contributed by atoms with Gasteiger partial charge in [0.2, 0.25) is 0 Å². The van der Waals surface area contributed by atoms with Crippen molar-refractivity contribution >= 4 is 11.5 Å². The molecule has 3 nitrogen and oxygen atoms in total. The molecule has 0 aromatic carbocycles. The number of nitrogens with two attached hydrogens (primary N) is 1. The van der Waals surface area contributed by atoms with Crippen LogP contribution in [0.1, 0.15) is 12.8 Å². The molecule has 1 aliphatic rings. The van der Waals surface area contributed by atoms with E-state index in [4.69, 9.17) is 5.73 Å². The number of rotatable bonds is 1. The minimum absolute atomic E-state index is 0.0509. The number of nitrogens with zero attached hydrogens (tertiary/aromatic N) is 2. The van der Waals surface area contributed by atoms with Crippen molar-refractivity contribution in [3.05, 3.63) is 18.3 Å². The van der Waals surface area contributed by atoms with Gasteiger partial charge in [-0.15, -0.1) is 0 Å². The molecular formula is C11H14F3N3. The minimum atomic E-state index is -4.14. The number of nitrogen functional groups attached to an aromatic ring is 1. The standard InChI is InChI=1S/C11H14F3N3/c12-11(13,14)8-3-2-6-17(7-8)10-9(15)4-1-5-16-10/h1,4-5,8H,2-3,6-7,15H2/t8-/m0/s1. The second-order valence-electron chi connectivity index (χ2n) is 4.24. The van der Waals surface area contributed by atoms with E-state index in [0.717, 1.165) is 0 Å². The van der Waals surface area contributed by atoms with Crippen LogP contribution in [0.15, 0.2) is 18.3 Å². The van der Waals surface area contributed by atoms with Crippen LogP contribution in [-0.4, -0.2) is 24.2 Å². The van der Waals surface area contributed by atoms with Gasteiger partial charge < -0.3 is 10.6 Å². The van der Waals surface area contributed by atoms with E-state index in [0.29, 0.717) is 24.5 Å². The molecule has 6 heteroatoms. The molecule has 0 unspecified atom stereocenters. The quantitative estimate of drug-likeness (QED) is 0.826. The lowest BCUT2D eigenvalue weighted by atomic mass is 9.97. The van der Waals surface area contributed by atoms with Gasteiger partial charge >= 0.3 is 6.18 Å². The number of hydrogen-bond acceptors (Lipinski definition) is 3. The van der Waals surface area contributed by atoms with Crippen LogP contribution in [0.5, 0.6) is 0 Å². The Labute approximate surface area is 97.4 Å². The van der Waals surface area contributed by atoms with Crippen LogP contribution < -0.4 is 10.6 Å². The second kappa shape index (κ2) is 4.43. The van der Waals surface area contributed by atoms with Gasteiger partial charge in [-0.05, 0) is 25.0 Å². The summed E-state index contributed by atoms with van der Waals surface area (Å²) < 4.78 is 38.0. The number of hydrogen-bond donors (Lipinski definition) is 1. The van der Waals surface area contributed by atoms with Gasteiger partial charge in [-0.2, -0.15) is 13.2 Å². The third-order valence-electron chi connectivity index (χ3n) is 3.00. The lowest BCUT2D eigenvalue weighted by Gasteiger charge is -2.34. The summed E-state index contributed by atoms with van der Waals surface area (Å²) in [7, 11) is 0. The molecule has 2 heterocycles. The molecule has 0 aliphatic carbocycles. The molecule has 0 amide bonds. The Morgan fingerprint density at radius 3 is 2.82 bits per heavy atom. The molecule has 0 spiro atoms. The highest BCUT2D eigenvalue weighted by atomic mass is 19.4. The van der Waals surface area contributed by atoms with Gasteiger partial charge in [-0.25, -0.2) is 4.98 Å². The van der Waals surface area contributed by atoms with Crippen LogP contribution in [-0.2, 0) is 0 Å². The number of halogens is 3. The first-order valence-corrected chi connectivity index (χ1v) is 5.50. The zero-order valence-corrected chi connectivity index (χ0v) is 9.24. The second-order valence-corrected chi connectivity index (χ2v) is 4.24. The molecule has 1 atom stereocenters. The summed E-state index contributed by atoms with van der Waals surface area (Å²) in [6.07, 6.45) is -1.89. The zero-order valence-electron chi connectivity index (χ0n) is 9.24. The predicted octanol–water partition coefficient (Wildman–Crippen LogP) is 2.44. The van der Waals surface area contributed by atoms with Gasteiger partial charge in [-0.3, -0.25) is 0 Å². The van der Waals surface area contributed by atoms with Gasteiger partial charge in [-0.1, -0.05) is 0 Å². The van der Waals surface area contributed by atoms with Crippen molar-refractivity contribution in [2.75, 3.05) is 23.7 Å². The van der Waals surface area contributed by atoms with Gasteiger partial charge in [0.15, 0.2) is 5.82 Å². The van der Waals surface area contributed by atoms with Gasteiger partial charge in [0.1, 0.15) is 0 Å². The summed E-state index contributed by atoms with van der Waals surface area (Å²) in [4.78, 5) is 5.67. The molecule has 1 aromatic heterocycles. The topological polar surface area (TPSA) is 42.1 Å². The largest absolute Gasteiger partial charge is 0.396 e. The Morgan fingerprint density at radius 2 is 2.18 bits per heavy atom. The Morgan fingerprint density at radius 1 is 1.41 bits per heavy atom. The van der Waals surface area contributed by atoms with Crippen LogP contribution >= 0.6 is 0 Å². The Hall–Kier alpha value is -1.46. The molecule has 0 bridgehead atoms. The third kappa shape index (κ3) is 2.62. The molecule has 1 aromatic rings. The van der Waals surface area contributed by atoms with Crippen molar-refractivity contribution in [1.29, 1.82) is 0 Å². The van der Waals surface area contributed by atoms with Crippen LogP contribution in [0.25, 0.3) is 0 Å². The number of alkyl halides is 3. The van der Waals surface area contributed by atoms with E-state index in [1.165, 1.54) is 0 Å². The first-order chi connectivity index (χ1) is 7.98. The van der Waals surface area contributed by atoms with Crippen molar-refractivity contribution in [1.82, 2.24) is 4.98 Å². The number of piperidine rings is 1. The Balaban J connectivity index is 2.15. The molecule has 17 heavy (non-hydrogen) atoms. The van der Waals surface area contributed by atoms with Gasteiger partial charge in [0.25, 0.3) is 0 Å². The minimum Gasteiger partial charge on any atom is -0.396 e. The molecule has 94 valence electrons. The van der Waals surface area contributed by atoms with E-state index in [1.54, 1.807) is 23.2 Å². The summed E-state index contributed by atoms with van der Waals surface area (Å²) in [6.45, 7) is 0.526. The lowest BCUT2D eigenvalue weighted by Crippen LogP contribution is -2.42. The van der Waals surface area contributed by atoms with Crippen LogP contribution in [0.2, 0.25) is 0 Å². The van der Waals surface area contributed by atoms with Crippen molar-refractivity contribution < 1.29 is 13.2 Å². The molecule has 1 fully saturated rings. The van der Waals surface area contributed by atoms with Crippen LogP contribution in [0.3, 0.4) is 0 Å². The van der Waals surface area contributed by atoms with Crippen LogP contribution in [0.4, 0.5) is 24.7 Å². The van der Waals surface area contributed by atoms with Crippen molar-refractivity contribution in [2.24, 2.45) is 5.92 Å². The van der Waals surface area contributed by atoms with Crippen molar-refractivity contribution in [2.45, 2.75) is 19.0 Å². The number of pyridine rings is 1. The monoisotopic (exact) mass is 245 g/mol. The Bertz CT molecular complexity index is 392. The fourth-order valence-corrected chi connectivity index (χ4v) is 2.11. The highest BCUT2D eigenvalue weighted by molar-refractivity contribution is 5.62. The van der Waals surface area contributed by atoms with E-state index in [9.17, 15) is 13.2 Å². The van der Waals surface area contributed by atoms with E-state index >= 15 is 0 Å². The molecular weight excluding hydrogens is 231 g/mol. The summed E-state index contributed by atoms with van der Waals surface area (Å²) in [6, 6.07) is 3.32. The summed E-state index contributed by atoms with van der Waals surface area (Å²) in [5.41, 5.74) is 6.15. The maximum Gasteiger partial charge on any atom is 0.393 e. The van der Waals surface area contributed by atoms with Crippen molar-refractivity contribution in [3.63, 3.8) is 0 Å². The average Bonchev–Trinajstić information content (AvgIpc) is 2.29. The normalized spacial score (nSPS) is 21.6. The SMILES string of the molecule is Nc1cccnc1N1CCC[C@H](C(F)(F)F)C1. The summed E-state index contributed by atoms with van der Waals surface area (Å²) in [5, 5.41) is 0. The molecule has 2 N–H and O–H groups in total. The van der Waals surface area contributed by atoms with Crippen LogP contribution in [0, 0.1) is 5.92 Å². The average molecular weight is 245 g/mol. The molecule has 2 rings (SSSR count). The molecule has 0 saturated carbocycles. The van der Waals surface area contributed by atoms with E-state index in [1.807, 2.05) is 0 Å². The van der Waals surface area contributed by atoms with Gasteiger partial charge in [0, 0.05) is 19.3 Å². The summed E-state index contributed by atoms with van der Waals surface area (Å²) >= 11 is 0. The highest BCUT2D eigenvalue weighted by Gasteiger charge is 2.42. The van der Waals surface area contributed by atoms with Gasteiger partial charge in [0.05, 0.1) is 11.6 Å². The fraction of sp³-hybridized carbons (Fsp3) is 0.545. The van der Waals surface area contributed by atoms with Crippen molar-refractivity contribution in [3.8, 4) is 0 Å². The zero-order chi connectivity index (χ0) is 12.5. The number of aromatic nitrogens is 1. The highest BCUT2D eigenvalue weighted by Crippen LogP contribution is 2.35. The number of anilines is 2. The smallest absolute Gasteiger partial charge is 0.393 e. The molecule has 1 aliphatic heterocycles. The van der Waals surface area contributed by atoms with E-state index in [2.05, 4.69) is 4.98 Å². The maximum absolute atomic E-state index is 12.7. The van der Waals surface area contributed by atoms with E-state index < -0.39 is 12.1 Å². The maximum atomic E-state index is 12.7. The molecule has 1 saturated heterocycles. The first kappa shape index (κ1) is 12.0. The molecule has 0 radical (unpaired) electrons. The summed E-state index contributed by atoms with van der Waals surface area (Å²) in [5.74, 6) is -0.820. The Kier molecular flexibility index (Phi) is 3.13. The fourth-order valence-electron chi connectivity index (χ4n) is 2.11. The predicted molar refractivity (Wildman–Crippen MR) is 59.6 cm³/mol.